The molecular weight excluding hydrogens is 234 g/mol. The van der Waals surface area contributed by atoms with Crippen LogP contribution in [-0.2, 0) is 0 Å². The maximum absolute atomic E-state index is 3.80. The van der Waals surface area contributed by atoms with Crippen molar-refractivity contribution in [3.8, 4) is 0 Å². The van der Waals surface area contributed by atoms with Crippen LogP contribution in [-0.4, -0.2) is 62.2 Å². The highest BCUT2D eigenvalue weighted by atomic mass is 15.2. The lowest BCUT2D eigenvalue weighted by Crippen LogP contribution is -2.45. The van der Waals surface area contributed by atoms with Gasteiger partial charge in [-0.3, -0.25) is 0 Å². The number of piperazine rings is 1. The maximum atomic E-state index is 3.80. The number of nitrogens with one attached hydrogen (secondary N) is 1. The van der Waals surface area contributed by atoms with Crippen molar-refractivity contribution >= 4 is 0 Å². The first-order valence-electron chi connectivity index (χ1n) is 8.10. The molecule has 0 spiro atoms. The van der Waals surface area contributed by atoms with E-state index in [-0.39, 0.29) is 0 Å². The third-order valence-corrected chi connectivity index (χ3v) is 4.99. The molecule has 112 valence electrons. The first-order chi connectivity index (χ1) is 8.96. The van der Waals surface area contributed by atoms with E-state index in [9.17, 15) is 0 Å². The van der Waals surface area contributed by atoms with Gasteiger partial charge < -0.3 is 15.1 Å². The van der Waals surface area contributed by atoms with Crippen LogP contribution < -0.4 is 5.32 Å². The molecule has 0 radical (unpaired) electrons. The molecule has 1 saturated carbocycles. The fraction of sp³-hybridized carbons (Fsp3) is 1.00. The van der Waals surface area contributed by atoms with Gasteiger partial charge in [-0.25, -0.2) is 0 Å². The van der Waals surface area contributed by atoms with Gasteiger partial charge >= 0.3 is 0 Å². The molecule has 0 bridgehead atoms. The lowest BCUT2D eigenvalue weighted by atomic mass is 9.91. The summed E-state index contributed by atoms with van der Waals surface area (Å²) in [6.07, 6.45) is 4.03. The molecular formula is C16H33N3. The molecule has 2 rings (SSSR count). The zero-order chi connectivity index (χ0) is 13.9. The molecule has 0 aromatic heterocycles. The Balaban J connectivity index is 1.57. The van der Waals surface area contributed by atoms with Gasteiger partial charge in [0.15, 0.2) is 0 Å². The van der Waals surface area contributed by atoms with Gasteiger partial charge in [0.05, 0.1) is 0 Å². The normalized spacial score (nSPS) is 32.8. The van der Waals surface area contributed by atoms with Crippen LogP contribution in [0.1, 0.15) is 40.0 Å². The second kappa shape index (κ2) is 6.55. The molecule has 0 aromatic rings. The Kier molecular flexibility index (Phi) is 5.27. The van der Waals surface area contributed by atoms with Crippen LogP contribution in [0.15, 0.2) is 0 Å². The smallest absolute Gasteiger partial charge is 0.0110 e. The lowest BCUT2D eigenvalue weighted by molar-refractivity contribution is 0.152. The Morgan fingerprint density at radius 1 is 1.11 bits per heavy atom. The highest BCUT2D eigenvalue weighted by Crippen LogP contribution is 2.40. The summed E-state index contributed by atoms with van der Waals surface area (Å²) in [5.74, 6) is 0.846. The Bertz CT molecular complexity index is 269. The number of hydrogen-bond donors (Lipinski definition) is 1. The van der Waals surface area contributed by atoms with E-state index in [1.54, 1.807) is 0 Å². The number of hydrogen-bond acceptors (Lipinski definition) is 3. The van der Waals surface area contributed by atoms with E-state index in [1.165, 1.54) is 58.5 Å². The first kappa shape index (κ1) is 15.3. The molecule has 2 atom stereocenters. The van der Waals surface area contributed by atoms with Crippen LogP contribution in [0.3, 0.4) is 0 Å². The van der Waals surface area contributed by atoms with Crippen LogP contribution in [0.25, 0.3) is 0 Å². The summed E-state index contributed by atoms with van der Waals surface area (Å²) in [7, 11) is 2.22. The molecule has 0 amide bonds. The predicted molar refractivity (Wildman–Crippen MR) is 82.5 cm³/mol. The fourth-order valence-electron chi connectivity index (χ4n) is 3.83. The van der Waals surface area contributed by atoms with Gasteiger partial charge in [0, 0.05) is 32.2 Å². The van der Waals surface area contributed by atoms with E-state index in [0.29, 0.717) is 5.41 Å². The minimum atomic E-state index is 0.550. The van der Waals surface area contributed by atoms with Crippen LogP contribution in [0.2, 0.25) is 0 Å². The summed E-state index contributed by atoms with van der Waals surface area (Å²) in [5, 5.41) is 3.80. The summed E-state index contributed by atoms with van der Waals surface area (Å²) in [5.41, 5.74) is 0.550. The van der Waals surface area contributed by atoms with E-state index < -0.39 is 0 Å². The number of rotatable bonds is 5. The Morgan fingerprint density at radius 3 is 2.37 bits per heavy atom. The Labute approximate surface area is 119 Å². The highest BCUT2D eigenvalue weighted by Gasteiger charge is 2.35. The summed E-state index contributed by atoms with van der Waals surface area (Å²) >= 11 is 0. The van der Waals surface area contributed by atoms with E-state index >= 15 is 0 Å². The third kappa shape index (κ3) is 4.73. The molecule has 19 heavy (non-hydrogen) atoms. The molecule has 1 aliphatic heterocycles. The van der Waals surface area contributed by atoms with E-state index in [4.69, 9.17) is 0 Å². The largest absolute Gasteiger partial charge is 0.314 e. The molecule has 2 unspecified atom stereocenters. The predicted octanol–water partition coefficient (Wildman–Crippen LogP) is 2.04. The van der Waals surface area contributed by atoms with Crippen molar-refractivity contribution in [2.45, 2.75) is 46.1 Å². The molecule has 1 N–H and O–H groups in total. The first-order valence-corrected chi connectivity index (χ1v) is 8.10. The van der Waals surface area contributed by atoms with E-state index in [2.05, 4.69) is 42.9 Å². The van der Waals surface area contributed by atoms with Crippen molar-refractivity contribution in [1.82, 2.24) is 15.1 Å². The molecule has 1 saturated heterocycles. The average molecular weight is 267 g/mol. The van der Waals surface area contributed by atoms with Gasteiger partial charge in [-0.15, -0.1) is 0 Å². The van der Waals surface area contributed by atoms with Gasteiger partial charge in [0.2, 0.25) is 0 Å². The Hall–Kier alpha value is -0.120. The average Bonchev–Trinajstić information content (AvgIpc) is 2.60. The molecule has 1 aliphatic carbocycles. The van der Waals surface area contributed by atoms with Crippen molar-refractivity contribution < 1.29 is 0 Å². The Morgan fingerprint density at radius 2 is 1.79 bits per heavy atom. The third-order valence-electron chi connectivity index (χ3n) is 4.99. The summed E-state index contributed by atoms with van der Waals surface area (Å²) < 4.78 is 0. The zero-order valence-corrected chi connectivity index (χ0v) is 13.4. The van der Waals surface area contributed by atoms with Crippen molar-refractivity contribution in [1.29, 1.82) is 0 Å². The lowest BCUT2D eigenvalue weighted by Gasteiger charge is -2.32. The van der Waals surface area contributed by atoms with Crippen LogP contribution in [0.4, 0.5) is 0 Å². The monoisotopic (exact) mass is 267 g/mol. The minimum Gasteiger partial charge on any atom is -0.314 e. The van der Waals surface area contributed by atoms with Gasteiger partial charge in [0.1, 0.15) is 0 Å². The number of nitrogens with zero attached hydrogens (tertiary/aromatic N) is 2. The second-order valence-corrected chi connectivity index (χ2v) is 7.61. The molecule has 3 heteroatoms. The fourth-order valence-corrected chi connectivity index (χ4v) is 3.83. The minimum absolute atomic E-state index is 0.550. The molecule has 2 aliphatic rings. The van der Waals surface area contributed by atoms with Gasteiger partial charge in [0.25, 0.3) is 0 Å². The topological polar surface area (TPSA) is 18.5 Å². The maximum Gasteiger partial charge on any atom is 0.0110 e. The molecule has 1 heterocycles. The van der Waals surface area contributed by atoms with Gasteiger partial charge in [-0.2, -0.15) is 0 Å². The van der Waals surface area contributed by atoms with Crippen molar-refractivity contribution in [2.24, 2.45) is 11.3 Å². The SMILES string of the molecule is CC1CC(C)(C)CC1NCCCN1CCN(C)CC1. The standard InChI is InChI=1S/C16H33N3/c1-14-12-16(2,3)13-15(14)17-6-5-7-19-10-8-18(4)9-11-19/h14-15,17H,5-13H2,1-4H3. The van der Waals surface area contributed by atoms with Crippen molar-refractivity contribution in [2.75, 3.05) is 46.3 Å². The van der Waals surface area contributed by atoms with E-state index in [1.807, 2.05) is 0 Å². The van der Waals surface area contributed by atoms with Crippen LogP contribution in [0.5, 0.6) is 0 Å². The van der Waals surface area contributed by atoms with Gasteiger partial charge in [-0.1, -0.05) is 20.8 Å². The molecule has 2 fully saturated rings. The quantitative estimate of drug-likeness (QED) is 0.769. The zero-order valence-electron chi connectivity index (χ0n) is 13.4. The highest BCUT2D eigenvalue weighted by molar-refractivity contribution is 4.91. The summed E-state index contributed by atoms with van der Waals surface area (Å²) in [6, 6.07) is 0.752. The van der Waals surface area contributed by atoms with E-state index in [0.717, 1.165) is 12.0 Å². The second-order valence-electron chi connectivity index (χ2n) is 7.61. The molecule has 0 aromatic carbocycles. The van der Waals surface area contributed by atoms with Gasteiger partial charge in [-0.05, 0) is 50.7 Å². The molecule has 3 nitrogen and oxygen atoms in total. The van der Waals surface area contributed by atoms with Crippen molar-refractivity contribution in [3.05, 3.63) is 0 Å². The summed E-state index contributed by atoms with van der Waals surface area (Å²) in [6.45, 7) is 14.7. The van der Waals surface area contributed by atoms with Crippen LogP contribution in [0, 0.1) is 11.3 Å². The number of likely N-dealkylation sites (N-methyl/N-ethyl adjacent to an activating group) is 1. The van der Waals surface area contributed by atoms with Crippen molar-refractivity contribution in [3.63, 3.8) is 0 Å². The van der Waals surface area contributed by atoms with Crippen LogP contribution >= 0.6 is 0 Å². The summed E-state index contributed by atoms with van der Waals surface area (Å²) in [4.78, 5) is 5.04.